The molecule has 0 radical (unpaired) electrons. The molecule has 0 saturated heterocycles. The van der Waals surface area contributed by atoms with Gasteiger partial charge in [0.15, 0.2) is 5.16 Å². The van der Waals surface area contributed by atoms with Crippen LogP contribution in [0.5, 0.6) is 0 Å². The van der Waals surface area contributed by atoms with Crippen molar-refractivity contribution in [1.82, 2.24) is 30.0 Å². The molecule has 2 N–H and O–H groups in total. The molecule has 0 fully saturated rings. The number of carbonyl (C=O) groups excluding carboxylic acids is 1. The minimum Gasteiger partial charge on any atom is -0.355 e. The Kier molecular flexibility index (Phi) is 5.91. The van der Waals surface area contributed by atoms with E-state index < -0.39 is 0 Å². The Hall–Kier alpha value is -2.16. The van der Waals surface area contributed by atoms with E-state index >= 15 is 0 Å². The van der Waals surface area contributed by atoms with Gasteiger partial charge in [-0.1, -0.05) is 11.8 Å². The Labute approximate surface area is 138 Å². The number of aromatic amines is 1. The van der Waals surface area contributed by atoms with Crippen LogP contribution in [-0.4, -0.2) is 42.4 Å². The van der Waals surface area contributed by atoms with Gasteiger partial charge < -0.3 is 14.9 Å². The van der Waals surface area contributed by atoms with Crippen molar-refractivity contribution in [3.05, 3.63) is 34.3 Å². The summed E-state index contributed by atoms with van der Waals surface area (Å²) in [5.41, 5.74) is 0.411. The molecule has 8 nitrogen and oxygen atoms in total. The number of rotatable bonds is 7. The molecule has 0 aliphatic carbocycles. The van der Waals surface area contributed by atoms with Crippen molar-refractivity contribution in [2.24, 2.45) is 0 Å². The van der Waals surface area contributed by atoms with E-state index in [-0.39, 0.29) is 16.7 Å². The molecule has 0 bridgehead atoms. The number of carbonyl (C=O) groups is 1. The predicted molar refractivity (Wildman–Crippen MR) is 87.3 cm³/mol. The van der Waals surface area contributed by atoms with Crippen LogP contribution in [0.1, 0.15) is 25.4 Å². The average molecular weight is 336 g/mol. The highest BCUT2D eigenvalue weighted by molar-refractivity contribution is 8.00. The SMILES string of the molecule is CCn1cnnc1CCNC(=O)[C@@H](C)Sc1nc(C)cc(=O)[nH]1. The number of hydrogen-bond acceptors (Lipinski definition) is 6. The maximum Gasteiger partial charge on any atom is 0.251 e. The second-order valence-corrected chi connectivity index (χ2v) is 6.36. The Morgan fingerprint density at radius 3 is 3.00 bits per heavy atom. The zero-order valence-corrected chi connectivity index (χ0v) is 14.2. The molecule has 2 heterocycles. The van der Waals surface area contributed by atoms with Gasteiger partial charge in [-0.3, -0.25) is 9.59 Å². The number of nitrogens with zero attached hydrogens (tertiary/aromatic N) is 4. The summed E-state index contributed by atoms with van der Waals surface area (Å²) in [6.07, 6.45) is 2.30. The average Bonchev–Trinajstić information content (AvgIpc) is 2.93. The van der Waals surface area contributed by atoms with Crippen LogP contribution in [0.2, 0.25) is 0 Å². The topological polar surface area (TPSA) is 106 Å². The molecular weight excluding hydrogens is 316 g/mol. The van der Waals surface area contributed by atoms with E-state index in [9.17, 15) is 9.59 Å². The van der Waals surface area contributed by atoms with Crippen molar-refractivity contribution in [3.63, 3.8) is 0 Å². The molecule has 124 valence electrons. The van der Waals surface area contributed by atoms with Gasteiger partial charge >= 0.3 is 0 Å². The fourth-order valence-electron chi connectivity index (χ4n) is 2.01. The fraction of sp³-hybridized carbons (Fsp3) is 0.500. The van der Waals surface area contributed by atoms with Crippen molar-refractivity contribution in [2.75, 3.05) is 6.54 Å². The first-order valence-electron chi connectivity index (χ1n) is 7.38. The molecule has 0 aromatic carbocycles. The molecule has 2 aromatic heterocycles. The van der Waals surface area contributed by atoms with Gasteiger partial charge in [-0.25, -0.2) is 4.98 Å². The van der Waals surface area contributed by atoms with Crippen LogP contribution in [0.3, 0.4) is 0 Å². The van der Waals surface area contributed by atoms with Crippen LogP contribution in [0, 0.1) is 6.92 Å². The lowest BCUT2D eigenvalue weighted by molar-refractivity contribution is -0.120. The molecule has 2 aromatic rings. The number of amides is 1. The van der Waals surface area contributed by atoms with Gasteiger partial charge in [0.05, 0.1) is 5.25 Å². The first-order chi connectivity index (χ1) is 11.0. The van der Waals surface area contributed by atoms with Crippen molar-refractivity contribution >= 4 is 17.7 Å². The first-order valence-corrected chi connectivity index (χ1v) is 8.26. The summed E-state index contributed by atoms with van der Waals surface area (Å²) < 4.78 is 1.94. The lowest BCUT2D eigenvalue weighted by Gasteiger charge is -2.11. The monoisotopic (exact) mass is 336 g/mol. The Balaban J connectivity index is 1.84. The quantitative estimate of drug-likeness (QED) is 0.564. The van der Waals surface area contributed by atoms with Crippen LogP contribution in [-0.2, 0) is 17.8 Å². The van der Waals surface area contributed by atoms with Crippen LogP contribution in [0.15, 0.2) is 22.3 Å². The van der Waals surface area contributed by atoms with E-state index in [1.807, 2.05) is 11.5 Å². The lowest BCUT2D eigenvalue weighted by atomic mass is 10.3. The summed E-state index contributed by atoms with van der Waals surface area (Å²) in [7, 11) is 0. The number of nitrogens with one attached hydrogen (secondary N) is 2. The largest absolute Gasteiger partial charge is 0.355 e. The van der Waals surface area contributed by atoms with Gasteiger partial charge in [-0.05, 0) is 20.8 Å². The summed E-state index contributed by atoms with van der Waals surface area (Å²) >= 11 is 1.22. The van der Waals surface area contributed by atoms with E-state index in [0.717, 1.165) is 12.4 Å². The lowest BCUT2D eigenvalue weighted by Crippen LogP contribution is -2.33. The number of H-pyrrole nitrogens is 1. The third-order valence-electron chi connectivity index (χ3n) is 3.19. The highest BCUT2D eigenvalue weighted by atomic mass is 32.2. The molecule has 0 saturated carbocycles. The van der Waals surface area contributed by atoms with E-state index in [4.69, 9.17) is 0 Å². The van der Waals surface area contributed by atoms with Crippen LogP contribution < -0.4 is 10.9 Å². The zero-order chi connectivity index (χ0) is 16.8. The maximum absolute atomic E-state index is 12.1. The highest BCUT2D eigenvalue weighted by Crippen LogP contribution is 2.18. The standard InChI is InChI=1S/C14H20N6O2S/c1-4-20-8-16-19-11(20)5-6-15-13(22)10(3)23-14-17-9(2)7-12(21)18-14/h7-8,10H,4-6H2,1-3H3,(H,15,22)(H,17,18,21)/t10-/m1/s1. The molecule has 1 atom stereocenters. The van der Waals surface area contributed by atoms with Gasteiger partial charge in [0, 0.05) is 31.3 Å². The smallest absolute Gasteiger partial charge is 0.251 e. The van der Waals surface area contributed by atoms with Gasteiger partial charge in [-0.15, -0.1) is 10.2 Å². The number of thioether (sulfide) groups is 1. The third kappa shape index (κ3) is 4.92. The molecule has 0 aliphatic heterocycles. The van der Waals surface area contributed by atoms with Crippen molar-refractivity contribution in [1.29, 1.82) is 0 Å². The molecule has 9 heteroatoms. The minimum atomic E-state index is -0.357. The summed E-state index contributed by atoms with van der Waals surface area (Å²) in [4.78, 5) is 30.3. The molecule has 23 heavy (non-hydrogen) atoms. The summed E-state index contributed by atoms with van der Waals surface area (Å²) in [5.74, 6) is 0.736. The van der Waals surface area contributed by atoms with Crippen molar-refractivity contribution < 1.29 is 4.79 Å². The van der Waals surface area contributed by atoms with E-state index in [2.05, 4.69) is 25.5 Å². The molecular formula is C14H20N6O2S. The second kappa shape index (κ2) is 7.91. The zero-order valence-electron chi connectivity index (χ0n) is 13.4. The first kappa shape index (κ1) is 17.2. The maximum atomic E-state index is 12.1. The number of aryl methyl sites for hydroxylation is 2. The number of hydrogen-bond donors (Lipinski definition) is 2. The molecule has 1 amide bonds. The van der Waals surface area contributed by atoms with Gasteiger partial charge in [-0.2, -0.15) is 0 Å². The van der Waals surface area contributed by atoms with Crippen LogP contribution in [0.4, 0.5) is 0 Å². The Morgan fingerprint density at radius 1 is 1.52 bits per heavy atom. The van der Waals surface area contributed by atoms with Gasteiger partial charge in [0.1, 0.15) is 12.2 Å². The van der Waals surface area contributed by atoms with Crippen molar-refractivity contribution in [3.8, 4) is 0 Å². The van der Waals surface area contributed by atoms with E-state index in [1.54, 1.807) is 20.2 Å². The van der Waals surface area contributed by atoms with Gasteiger partial charge in [0.25, 0.3) is 5.56 Å². The normalized spacial score (nSPS) is 12.1. The molecule has 2 rings (SSSR count). The third-order valence-corrected chi connectivity index (χ3v) is 4.17. The predicted octanol–water partition coefficient (Wildman–Crippen LogP) is 0.529. The Morgan fingerprint density at radius 2 is 2.30 bits per heavy atom. The van der Waals surface area contributed by atoms with Crippen LogP contribution >= 0.6 is 11.8 Å². The minimum absolute atomic E-state index is 0.110. The molecule has 0 aliphatic rings. The summed E-state index contributed by atoms with van der Waals surface area (Å²) in [6.45, 7) is 6.82. The van der Waals surface area contributed by atoms with Gasteiger partial charge in [0.2, 0.25) is 5.91 Å². The van der Waals surface area contributed by atoms with E-state index in [1.165, 1.54) is 17.8 Å². The van der Waals surface area contributed by atoms with Crippen LogP contribution in [0.25, 0.3) is 0 Å². The van der Waals surface area contributed by atoms with E-state index in [0.29, 0.717) is 23.8 Å². The highest BCUT2D eigenvalue weighted by Gasteiger charge is 2.16. The van der Waals surface area contributed by atoms with Crippen molar-refractivity contribution in [2.45, 2.75) is 44.1 Å². The fourth-order valence-corrected chi connectivity index (χ4v) is 2.89. The molecule has 0 spiro atoms. The Bertz CT molecular complexity index is 726. The molecule has 0 unspecified atom stereocenters. The summed E-state index contributed by atoms with van der Waals surface area (Å²) in [5, 5.41) is 10.8. The second-order valence-electron chi connectivity index (χ2n) is 5.03. The number of aromatic nitrogens is 5. The summed E-state index contributed by atoms with van der Waals surface area (Å²) in [6, 6.07) is 1.42.